The number of carbonyl (C=O) groups excluding carboxylic acids is 4. The number of aromatic hydroxyl groups is 1. The summed E-state index contributed by atoms with van der Waals surface area (Å²) in [6.07, 6.45) is -0.894. The maximum absolute atomic E-state index is 14.0. The van der Waals surface area contributed by atoms with Gasteiger partial charge in [0.05, 0.1) is 11.6 Å². The van der Waals surface area contributed by atoms with Crippen LogP contribution in [0.1, 0.15) is 23.1 Å². The number of aliphatic hydroxyl groups excluding tert-OH is 2. The van der Waals surface area contributed by atoms with Crippen molar-refractivity contribution in [1.82, 2.24) is 10.2 Å². The minimum atomic E-state index is -2.75. The number of Topliss-reactive ketones (excluding diaryl/α,β-unsaturated/α-hetero) is 2. The number of hydrogen-bond acceptors (Lipinski definition) is 11. The summed E-state index contributed by atoms with van der Waals surface area (Å²) in [7, 11) is 6.49. The zero-order valence-corrected chi connectivity index (χ0v) is 25.8. The summed E-state index contributed by atoms with van der Waals surface area (Å²) < 4.78 is 3.00. The lowest BCUT2D eigenvalue weighted by molar-refractivity contribution is -0.153. The zero-order valence-electron chi connectivity index (χ0n) is 23.6. The number of alkyl halides is 3. The molecular weight excluding hydrogens is 631 g/mol. The van der Waals surface area contributed by atoms with Gasteiger partial charge in [-0.15, -0.1) is 0 Å². The van der Waals surface area contributed by atoms with Crippen LogP contribution in [0.2, 0.25) is 0 Å². The molecule has 4 atom stereocenters. The molecule has 0 unspecified atom stereocenters. The number of halogens is 3. The van der Waals surface area contributed by atoms with Gasteiger partial charge in [0.15, 0.2) is 11.4 Å². The number of phenols is 1. The molecule has 16 heteroatoms. The van der Waals surface area contributed by atoms with Crippen LogP contribution in [0.4, 0.5) is 10.5 Å². The van der Waals surface area contributed by atoms with Gasteiger partial charge >= 0.3 is 6.09 Å². The van der Waals surface area contributed by atoms with E-state index in [1.54, 1.807) is 25.1 Å². The summed E-state index contributed by atoms with van der Waals surface area (Å²) in [5.74, 6) is -7.49. The molecule has 3 aliphatic rings. The maximum atomic E-state index is 14.0. The second-order valence-corrected chi connectivity index (χ2v) is 13.7. The molecule has 4 rings (SSSR count). The predicted molar refractivity (Wildman–Crippen MR) is 157 cm³/mol. The number of nitrogens with two attached hydrogens (primary N) is 1. The van der Waals surface area contributed by atoms with Crippen LogP contribution in [0.15, 0.2) is 23.0 Å². The normalized spacial score (nSPS) is 25.3. The van der Waals surface area contributed by atoms with Gasteiger partial charge in [0.2, 0.25) is 9.58 Å². The molecule has 0 radical (unpaired) electrons. The summed E-state index contributed by atoms with van der Waals surface area (Å²) >= 11 is 16.8. The molecule has 43 heavy (non-hydrogen) atoms. The van der Waals surface area contributed by atoms with E-state index in [0.29, 0.717) is 11.3 Å². The third-order valence-corrected chi connectivity index (χ3v) is 8.38. The second kappa shape index (κ2) is 11.4. The lowest BCUT2D eigenvalue weighted by Gasteiger charge is -2.50. The van der Waals surface area contributed by atoms with Gasteiger partial charge < -0.3 is 41.1 Å². The average Bonchev–Trinajstić information content (AvgIpc) is 2.88. The largest absolute Gasteiger partial charge is 0.508 e. The third kappa shape index (κ3) is 5.48. The number of amides is 2. The van der Waals surface area contributed by atoms with E-state index in [1.807, 2.05) is 0 Å². The molecule has 1 aromatic carbocycles. The molecule has 0 heterocycles. The van der Waals surface area contributed by atoms with E-state index in [2.05, 4.69) is 5.32 Å². The number of likely N-dealkylation sites (N-methyl/N-ethyl adjacent to an activating group) is 1. The molecule has 0 spiro atoms. The van der Waals surface area contributed by atoms with Gasteiger partial charge in [-0.1, -0.05) is 34.8 Å². The highest BCUT2D eigenvalue weighted by molar-refractivity contribution is 6.67. The van der Waals surface area contributed by atoms with Crippen LogP contribution in [0, 0.1) is 11.8 Å². The average molecular weight is 662 g/mol. The minimum absolute atomic E-state index is 0.0439. The number of phenolic OH excluding ortho intramolecular Hbond substituents is 1. The van der Waals surface area contributed by atoms with Gasteiger partial charge in [0.1, 0.15) is 29.4 Å². The fourth-order valence-electron chi connectivity index (χ4n) is 6.25. The maximum Gasteiger partial charge on any atom is 0.407 e. The van der Waals surface area contributed by atoms with Crippen molar-refractivity contribution >= 4 is 69.8 Å². The van der Waals surface area contributed by atoms with E-state index < -0.39 is 80.3 Å². The number of rotatable bonds is 6. The third-order valence-electron chi connectivity index (χ3n) is 8.05. The van der Waals surface area contributed by atoms with Gasteiger partial charge in [-0.05, 0) is 44.5 Å². The first-order valence-electron chi connectivity index (χ1n) is 13.0. The van der Waals surface area contributed by atoms with Crippen LogP contribution in [0.25, 0.3) is 5.76 Å². The van der Waals surface area contributed by atoms with Crippen molar-refractivity contribution < 1.29 is 44.3 Å². The number of hydrogen-bond donors (Lipinski definition) is 6. The van der Waals surface area contributed by atoms with Crippen molar-refractivity contribution in [2.24, 2.45) is 17.6 Å². The van der Waals surface area contributed by atoms with Crippen LogP contribution in [0.3, 0.4) is 0 Å². The topological polar surface area (TPSA) is 203 Å². The Labute approximate surface area is 261 Å². The minimum Gasteiger partial charge on any atom is -0.508 e. The number of nitrogens with zero attached hydrogens (tertiary/aromatic N) is 2. The Balaban J connectivity index is 1.84. The van der Waals surface area contributed by atoms with Crippen molar-refractivity contribution in [3.8, 4) is 5.75 Å². The van der Waals surface area contributed by atoms with Gasteiger partial charge in [-0.25, -0.2) is 4.79 Å². The van der Waals surface area contributed by atoms with Crippen LogP contribution in [0.5, 0.6) is 5.75 Å². The molecular formula is C27H31Cl3N4O9. The Morgan fingerprint density at radius 1 is 1.16 bits per heavy atom. The van der Waals surface area contributed by atoms with Crippen molar-refractivity contribution in [3.05, 3.63) is 39.7 Å². The van der Waals surface area contributed by atoms with Gasteiger partial charge in [0, 0.05) is 43.4 Å². The molecule has 234 valence electrons. The number of aliphatic hydroxyl groups is 3. The fraction of sp³-hybridized carbons (Fsp3) is 0.481. The van der Waals surface area contributed by atoms with Crippen molar-refractivity contribution in [2.45, 2.75) is 34.8 Å². The summed E-state index contributed by atoms with van der Waals surface area (Å²) in [5, 5.41) is 47.9. The molecule has 1 aromatic rings. The van der Waals surface area contributed by atoms with E-state index in [-0.39, 0.29) is 36.1 Å². The summed E-state index contributed by atoms with van der Waals surface area (Å²) in [6, 6.07) is 0.400. The number of primary amides is 1. The number of ketones is 2. The highest BCUT2D eigenvalue weighted by Crippen LogP contribution is 2.54. The SMILES string of the molecule is CN(C)c1cc(CNC(=O)OCC(Cl)(Cl)Cl)c(O)c2c1C[C@H]1C[C@H]3[C@H](N(C)C)C(=O)C(C(N)=O)=C(O)[C@@]3(O)C(=O)C1=C2O. The van der Waals surface area contributed by atoms with Gasteiger partial charge in [-0.3, -0.25) is 19.3 Å². The smallest absolute Gasteiger partial charge is 0.407 e. The van der Waals surface area contributed by atoms with E-state index in [0.717, 1.165) is 0 Å². The number of nitrogens with one attached hydrogen (secondary N) is 1. The molecule has 0 aliphatic heterocycles. The van der Waals surface area contributed by atoms with Crippen LogP contribution in [-0.2, 0) is 32.1 Å². The van der Waals surface area contributed by atoms with E-state index in [9.17, 15) is 39.6 Å². The van der Waals surface area contributed by atoms with Crippen LogP contribution < -0.4 is 16.0 Å². The van der Waals surface area contributed by atoms with E-state index >= 15 is 0 Å². The quantitative estimate of drug-likeness (QED) is 0.191. The molecule has 7 N–H and O–H groups in total. The molecule has 1 saturated carbocycles. The van der Waals surface area contributed by atoms with Crippen molar-refractivity contribution in [2.75, 3.05) is 39.7 Å². The predicted octanol–water partition coefficient (Wildman–Crippen LogP) is 1.63. The molecule has 1 fully saturated rings. The highest BCUT2D eigenvalue weighted by atomic mass is 35.6. The number of anilines is 1. The first-order valence-corrected chi connectivity index (χ1v) is 14.1. The summed E-state index contributed by atoms with van der Waals surface area (Å²) in [6.45, 7) is -0.829. The lowest BCUT2D eigenvalue weighted by atomic mass is 9.57. The van der Waals surface area contributed by atoms with Gasteiger partial charge in [-0.2, -0.15) is 0 Å². The molecule has 0 aromatic heterocycles. The Kier molecular flexibility index (Phi) is 8.63. The summed E-state index contributed by atoms with van der Waals surface area (Å²) in [4.78, 5) is 54.7. The summed E-state index contributed by atoms with van der Waals surface area (Å²) in [5.41, 5.74) is 2.44. The van der Waals surface area contributed by atoms with E-state index in [1.165, 1.54) is 19.0 Å². The first kappa shape index (κ1) is 32.7. The molecule has 0 saturated heterocycles. The Morgan fingerprint density at radius 2 is 1.79 bits per heavy atom. The first-order chi connectivity index (χ1) is 19.8. The second-order valence-electron chi connectivity index (χ2n) is 11.2. The van der Waals surface area contributed by atoms with Crippen molar-refractivity contribution in [1.29, 1.82) is 0 Å². The standard InChI is InChI=1S/C27H31Cl3N4O9/c1-33(2)14-7-11(8-32-25(41)43-9-26(28,29)30)19(35)16-12(14)5-10-6-13-18(34(3)4)21(37)17(24(31)40)23(39)27(13,42)22(38)15(10)20(16)36/h7,10,13,18,35-36,39,42H,5-6,8-9H2,1-4H3,(H2,31,40)(H,32,41)/t10-,13-,18-,27-/m0/s1. The molecule has 13 nitrogen and oxygen atoms in total. The molecule has 0 bridgehead atoms. The van der Waals surface area contributed by atoms with Gasteiger partial charge in [0.25, 0.3) is 5.91 Å². The Morgan fingerprint density at radius 3 is 2.33 bits per heavy atom. The number of carbonyl (C=O) groups is 4. The van der Waals surface area contributed by atoms with Crippen LogP contribution in [-0.4, -0.2) is 99.1 Å². The highest BCUT2D eigenvalue weighted by Gasteiger charge is 2.64. The molecule has 3 aliphatic carbocycles. The Hall–Kier alpha value is -3.23. The Bertz CT molecular complexity index is 1480. The fourth-order valence-corrected chi connectivity index (χ4v) is 6.41. The number of alkyl carbamates (subject to hydrolysis) is 1. The number of fused-ring (bicyclic) bond motifs is 3. The zero-order chi connectivity index (χ0) is 32.3. The monoisotopic (exact) mass is 660 g/mol. The van der Waals surface area contributed by atoms with Crippen LogP contribution >= 0.6 is 34.8 Å². The number of benzene rings is 1. The van der Waals surface area contributed by atoms with Crippen molar-refractivity contribution in [3.63, 3.8) is 0 Å². The van der Waals surface area contributed by atoms with E-state index in [4.69, 9.17) is 45.3 Å². The molecule has 2 amide bonds. The lowest BCUT2D eigenvalue weighted by Crippen LogP contribution is -2.65. The number of ether oxygens (including phenoxy) is 1.